The minimum atomic E-state index is -4.09. The lowest BCUT2D eigenvalue weighted by atomic mass is 10.1. The second kappa shape index (κ2) is 5.85. The van der Waals surface area contributed by atoms with Crippen molar-refractivity contribution in [2.24, 2.45) is 0 Å². The van der Waals surface area contributed by atoms with Crippen molar-refractivity contribution in [3.8, 4) is 0 Å². The maximum atomic E-state index is 12.4. The predicted octanol–water partition coefficient (Wildman–Crippen LogP) is 2.20. The number of nitrogens with one attached hydrogen (secondary N) is 1. The molecule has 0 amide bonds. The molecule has 6 heteroatoms. The molecule has 2 aliphatic rings. The lowest BCUT2D eigenvalue weighted by molar-refractivity contribution is -0.149. The predicted molar refractivity (Wildman–Crippen MR) is 76.5 cm³/mol. The van der Waals surface area contributed by atoms with E-state index in [4.69, 9.17) is 0 Å². The maximum Gasteiger partial charge on any atom is 0.401 e. The highest BCUT2D eigenvalue weighted by molar-refractivity contribution is 5.56. The van der Waals surface area contributed by atoms with Crippen molar-refractivity contribution >= 4 is 5.69 Å². The number of fused-ring (bicyclic) bond motifs is 1. The normalized spacial score (nSPS) is 23.9. The summed E-state index contributed by atoms with van der Waals surface area (Å²) >= 11 is 0. The summed E-state index contributed by atoms with van der Waals surface area (Å²) in [7, 11) is 0. The highest BCUT2D eigenvalue weighted by atomic mass is 19.4. The third-order valence-corrected chi connectivity index (χ3v) is 4.19. The van der Waals surface area contributed by atoms with Gasteiger partial charge in [0.05, 0.1) is 6.54 Å². The molecule has 2 aliphatic heterocycles. The van der Waals surface area contributed by atoms with E-state index in [1.54, 1.807) is 0 Å². The number of hydrogen-bond acceptors (Lipinski definition) is 3. The number of nitrogens with zero attached hydrogens (tertiary/aromatic N) is 2. The van der Waals surface area contributed by atoms with Crippen molar-refractivity contribution in [3.63, 3.8) is 0 Å². The Bertz CT molecular complexity index is 456. The molecule has 1 aromatic rings. The molecule has 0 radical (unpaired) electrons. The van der Waals surface area contributed by atoms with Gasteiger partial charge >= 0.3 is 6.18 Å². The Morgan fingerprint density at radius 3 is 2.38 bits per heavy atom. The van der Waals surface area contributed by atoms with Crippen LogP contribution in [0.25, 0.3) is 0 Å². The Hall–Kier alpha value is -1.27. The van der Waals surface area contributed by atoms with E-state index in [0.717, 1.165) is 13.0 Å². The maximum absolute atomic E-state index is 12.4. The fraction of sp³-hybridized carbons (Fsp3) is 0.600. The lowest BCUT2D eigenvalue weighted by Gasteiger charge is -2.36. The first-order valence-electron chi connectivity index (χ1n) is 7.35. The van der Waals surface area contributed by atoms with Crippen LogP contribution in [0.4, 0.5) is 18.9 Å². The summed E-state index contributed by atoms with van der Waals surface area (Å²) in [5.74, 6) is 0. The molecule has 1 N–H and O–H groups in total. The second-order valence-electron chi connectivity index (χ2n) is 5.89. The first-order chi connectivity index (χ1) is 9.99. The molecule has 0 aliphatic carbocycles. The zero-order valence-corrected chi connectivity index (χ0v) is 11.9. The standard InChI is InChI=1S/C15H20F3N3/c16-15(17,18)11-21-7-5-20(6-8-21)10-13-9-12-3-1-2-4-14(12)19-13/h1-4,13,19H,5-11H2. The first kappa shape index (κ1) is 14.7. The molecular weight excluding hydrogens is 279 g/mol. The molecule has 0 aromatic heterocycles. The molecule has 116 valence electrons. The molecule has 1 saturated heterocycles. The SMILES string of the molecule is FC(F)(F)CN1CCN(CC2Cc3ccccc3N2)CC1. The van der Waals surface area contributed by atoms with Crippen LogP contribution in [0.2, 0.25) is 0 Å². The van der Waals surface area contributed by atoms with E-state index in [1.165, 1.54) is 16.2 Å². The fourth-order valence-corrected chi connectivity index (χ4v) is 3.18. The molecular formula is C15H20F3N3. The average molecular weight is 299 g/mol. The smallest absolute Gasteiger partial charge is 0.380 e. The Balaban J connectivity index is 1.45. The van der Waals surface area contributed by atoms with Crippen molar-refractivity contribution in [2.75, 3.05) is 44.6 Å². The zero-order chi connectivity index (χ0) is 14.9. The van der Waals surface area contributed by atoms with Crippen molar-refractivity contribution in [1.29, 1.82) is 0 Å². The lowest BCUT2D eigenvalue weighted by Crippen LogP contribution is -2.51. The summed E-state index contributed by atoms with van der Waals surface area (Å²) in [5, 5.41) is 3.50. The number of para-hydroxylation sites is 1. The van der Waals surface area contributed by atoms with Crippen LogP contribution in [0.1, 0.15) is 5.56 Å². The van der Waals surface area contributed by atoms with Crippen LogP contribution in [0, 0.1) is 0 Å². The van der Waals surface area contributed by atoms with E-state index in [1.807, 2.05) is 12.1 Å². The summed E-state index contributed by atoms with van der Waals surface area (Å²) in [6, 6.07) is 8.64. The molecule has 0 spiro atoms. The highest BCUT2D eigenvalue weighted by Gasteiger charge is 2.32. The molecule has 1 aromatic carbocycles. The zero-order valence-electron chi connectivity index (χ0n) is 11.9. The highest BCUT2D eigenvalue weighted by Crippen LogP contribution is 2.25. The number of hydrogen-bond donors (Lipinski definition) is 1. The largest absolute Gasteiger partial charge is 0.401 e. The van der Waals surface area contributed by atoms with Gasteiger partial charge in [-0.05, 0) is 18.1 Å². The van der Waals surface area contributed by atoms with Crippen LogP contribution < -0.4 is 5.32 Å². The van der Waals surface area contributed by atoms with Crippen LogP contribution >= 0.6 is 0 Å². The summed E-state index contributed by atoms with van der Waals surface area (Å²) in [4.78, 5) is 3.75. The van der Waals surface area contributed by atoms with Gasteiger partial charge in [0.2, 0.25) is 0 Å². The average Bonchev–Trinajstić information content (AvgIpc) is 2.81. The third kappa shape index (κ3) is 3.89. The second-order valence-corrected chi connectivity index (χ2v) is 5.89. The number of rotatable bonds is 3. The molecule has 1 atom stereocenters. The number of halogens is 3. The molecule has 1 fully saturated rings. The number of alkyl halides is 3. The van der Waals surface area contributed by atoms with Gasteiger partial charge in [0.1, 0.15) is 0 Å². The van der Waals surface area contributed by atoms with Crippen molar-refractivity contribution in [1.82, 2.24) is 9.80 Å². The fourth-order valence-electron chi connectivity index (χ4n) is 3.18. The van der Waals surface area contributed by atoms with Crippen LogP contribution in [0.5, 0.6) is 0 Å². The Labute approximate surface area is 122 Å². The van der Waals surface area contributed by atoms with E-state index in [0.29, 0.717) is 32.2 Å². The Morgan fingerprint density at radius 1 is 1.05 bits per heavy atom. The van der Waals surface area contributed by atoms with Gasteiger partial charge in [-0.15, -0.1) is 0 Å². The first-order valence-corrected chi connectivity index (χ1v) is 7.35. The van der Waals surface area contributed by atoms with E-state index in [9.17, 15) is 13.2 Å². The van der Waals surface area contributed by atoms with Gasteiger partial charge in [0.25, 0.3) is 0 Å². The van der Waals surface area contributed by atoms with Crippen molar-refractivity contribution in [2.45, 2.75) is 18.6 Å². The van der Waals surface area contributed by atoms with Gasteiger partial charge in [-0.3, -0.25) is 9.80 Å². The molecule has 1 unspecified atom stereocenters. The van der Waals surface area contributed by atoms with E-state index >= 15 is 0 Å². The molecule has 2 heterocycles. The van der Waals surface area contributed by atoms with Crippen molar-refractivity contribution in [3.05, 3.63) is 29.8 Å². The molecule has 21 heavy (non-hydrogen) atoms. The number of anilines is 1. The summed E-state index contributed by atoms with van der Waals surface area (Å²) in [6.45, 7) is 2.54. The van der Waals surface area contributed by atoms with Crippen molar-refractivity contribution < 1.29 is 13.2 Å². The van der Waals surface area contributed by atoms with Crippen LogP contribution in [-0.4, -0.2) is 61.3 Å². The van der Waals surface area contributed by atoms with Gasteiger partial charge in [0.15, 0.2) is 0 Å². The van der Waals surface area contributed by atoms with E-state index < -0.39 is 12.7 Å². The van der Waals surface area contributed by atoms with Gasteiger partial charge < -0.3 is 5.32 Å². The van der Waals surface area contributed by atoms with Gasteiger partial charge in [-0.1, -0.05) is 18.2 Å². The van der Waals surface area contributed by atoms with E-state index in [-0.39, 0.29) is 0 Å². The third-order valence-electron chi connectivity index (χ3n) is 4.19. The summed E-state index contributed by atoms with van der Waals surface area (Å²) in [5.41, 5.74) is 2.52. The quantitative estimate of drug-likeness (QED) is 0.923. The van der Waals surface area contributed by atoms with Gasteiger partial charge in [0, 0.05) is 44.5 Å². The molecule has 3 rings (SSSR count). The summed E-state index contributed by atoms with van der Waals surface area (Å²) < 4.78 is 37.1. The van der Waals surface area contributed by atoms with E-state index in [2.05, 4.69) is 22.3 Å². The molecule has 0 saturated carbocycles. The minimum Gasteiger partial charge on any atom is -0.380 e. The molecule has 0 bridgehead atoms. The summed E-state index contributed by atoms with van der Waals surface area (Å²) in [6.07, 6.45) is -3.09. The Morgan fingerprint density at radius 2 is 1.71 bits per heavy atom. The van der Waals surface area contributed by atoms with Crippen LogP contribution in [0.3, 0.4) is 0 Å². The topological polar surface area (TPSA) is 18.5 Å². The Kier molecular flexibility index (Phi) is 4.08. The number of benzene rings is 1. The number of piperazine rings is 1. The monoisotopic (exact) mass is 299 g/mol. The molecule has 3 nitrogen and oxygen atoms in total. The van der Waals surface area contributed by atoms with Crippen LogP contribution in [-0.2, 0) is 6.42 Å². The van der Waals surface area contributed by atoms with Crippen LogP contribution in [0.15, 0.2) is 24.3 Å². The van der Waals surface area contributed by atoms with Gasteiger partial charge in [-0.25, -0.2) is 0 Å². The minimum absolute atomic E-state index is 0.372. The van der Waals surface area contributed by atoms with Gasteiger partial charge in [-0.2, -0.15) is 13.2 Å².